The van der Waals surface area contributed by atoms with Crippen LogP contribution in [-0.4, -0.2) is 52.8 Å². The van der Waals surface area contributed by atoms with Gasteiger partial charge in [-0.2, -0.15) is 0 Å². The second kappa shape index (κ2) is 5.44. The van der Waals surface area contributed by atoms with Gasteiger partial charge in [-0.3, -0.25) is 0 Å². The van der Waals surface area contributed by atoms with Gasteiger partial charge < -0.3 is 15.1 Å². The third-order valence-corrected chi connectivity index (χ3v) is 6.22. The van der Waals surface area contributed by atoms with Gasteiger partial charge in [0.1, 0.15) is 0 Å². The van der Waals surface area contributed by atoms with Crippen molar-refractivity contribution >= 4 is 0 Å². The number of hydrogen-bond donors (Lipinski definition) is 2. The monoisotopic (exact) mass is 324 g/mol. The number of nitrogens with zero attached hydrogens (tertiary/aromatic N) is 1. The normalized spacial score (nSPS) is 31.0. The van der Waals surface area contributed by atoms with E-state index in [1.165, 1.54) is 25.7 Å². The van der Waals surface area contributed by atoms with E-state index < -0.39 is 0 Å². The smallest absolute Gasteiger partial charge is 0.0923 e. The zero-order valence-electron chi connectivity index (χ0n) is 17.4. The van der Waals surface area contributed by atoms with Crippen molar-refractivity contribution in [2.45, 2.75) is 115 Å². The summed E-state index contributed by atoms with van der Waals surface area (Å²) in [5.41, 5.74) is 0.888. The van der Waals surface area contributed by atoms with Gasteiger partial charge in [0.2, 0.25) is 0 Å². The van der Waals surface area contributed by atoms with Crippen molar-refractivity contribution in [1.29, 1.82) is 0 Å². The first kappa shape index (κ1) is 19.2. The maximum atomic E-state index is 3.85. The highest BCUT2D eigenvalue weighted by Gasteiger charge is 2.51. The topological polar surface area (TPSA) is 24.1 Å². The molecular weight excluding hydrogens is 282 g/mol. The fourth-order valence-corrected chi connectivity index (χ4v) is 5.78. The average Bonchev–Trinajstić information content (AvgIpc) is 2.19. The number of quaternary nitrogens is 1. The minimum atomic E-state index is 0.222. The van der Waals surface area contributed by atoms with Crippen LogP contribution >= 0.6 is 0 Å². The Balaban J connectivity index is 2.26. The third-order valence-electron chi connectivity index (χ3n) is 6.22. The molecule has 0 atom stereocenters. The van der Waals surface area contributed by atoms with Crippen molar-refractivity contribution in [3.63, 3.8) is 0 Å². The highest BCUT2D eigenvalue weighted by Crippen LogP contribution is 2.40. The quantitative estimate of drug-likeness (QED) is 0.757. The lowest BCUT2D eigenvalue weighted by atomic mass is 9.74. The fourth-order valence-electron chi connectivity index (χ4n) is 5.78. The first-order valence-electron chi connectivity index (χ1n) is 9.46. The Morgan fingerprint density at radius 1 is 0.565 bits per heavy atom. The van der Waals surface area contributed by atoms with Crippen LogP contribution < -0.4 is 10.6 Å². The largest absolute Gasteiger partial charge is 0.323 e. The first-order valence-corrected chi connectivity index (χ1v) is 9.46. The van der Waals surface area contributed by atoms with E-state index in [4.69, 9.17) is 0 Å². The van der Waals surface area contributed by atoms with Crippen molar-refractivity contribution < 1.29 is 4.48 Å². The average molecular weight is 325 g/mol. The van der Waals surface area contributed by atoms with E-state index in [1.807, 2.05) is 0 Å². The molecule has 0 saturated carbocycles. The zero-order valence-corrected chi connectivity index (χ0v) is 17.4. The lowest BCUT2D eigenvalue weighted by Crippen LogP contribution is -2.71. The Morgan fingerprint density at radius 3 is 1.00 bits per heavy atom. The highest BCUT2D eigenvalue weighted by molar-refractivity contribution is 5.01. The molecule has 3 nitrogen and oxygen atoms in total. The molecule has 0 unspecified atom stereocenters. The van der Waals surface area contributed by atoms with Crippen molar-refractivity contribution in [1.82, 2.24) is 10.6 Å². The van der Waals surface area contributed by atoms with Gasteiger partial charge in [-0.25, -0.2) is 0 Å². The van der Waals surface area contributed by atoms with E-state index >= 15 is 0 Å². The number of piperidine rings is 2. The van der Waals surface area contributed by atoms with Crippen LogP contribution in [0.1, 0.15) is 81.1 Å². The Kier molecular flexibility index (Phi) is 4.54. The maximum Gasteiger partial charge on any atom is 0.0923 e. The molecule has 0 aromatic rings. The molecule has 2 fully saturated rings. The van der Waals surface area contributed by atoms with Crippen molar-refractivity contribution in [3.8, 4) is 0 Å². The molecule has 0 amide bonds. The number of hydrogen-bond acceptors (Lipinski definition) is 2. The SMILES string of the molecule is CC1(C)CC([N+](C)(C)C2CC(C)(C)NC(C)(C)C2)CC(C)(C)N1. The second-order valence-electron chi connectivity index (χ2n) is 11.5. The second-order valence-corrected chi connectivity index (χ2v) is 11.5. The third kappa shape index (κ3) is 4.49. The fraction of sp³-hybridized carbons (Fsp3) is 1.00. The number of nitrogens with one attached hydrogen (secondary N) is 2. The van der Waals surface area contributed by atoms with E-state index in [-0.39, 0.29) is 22.2 Å². The summed E-state index contributed by atoms with van der Waals surface area (Å²) in [6.45, 7) is 19.0. The van der Waals surface area contributed by atoms with Crippen LogP contribution in [0.5, 0.6) is 0 Å². The Bertz CT molecular complexity index is 374. The van der Waals surface area contributed by atoms with Crippen LogP contribution in [0.4, 0.5) is 0 Å². The predicted molar refractivity (Wildman–Crippen MR) is 101 cm³/mol. The van der Waals surface area contributed by atoms with Gasteiger partial charge in [-0.05, 0) is 55.4 Å². The van der Waals surface area contributed by atoms with Crippen LogP contribution in [0.2, 0.25) is 0 Å². The van der Waals surface area contributed by atoms with Crippen molar-refractivity contribution in [3.05, 3.63) is 0 Å². The molecule has 2 rings (SSSR count). The van der Waals surface area contributed by atoms with Gasteiger partial charge in [-0.1, -0.05) is 0 Å². The van der Waals surface area contributed by atoms with Crippen LogP contribution in [-0.2, 0) is 0 Å². The van der Waals surface area contributed by atoms with Gasteiger partial charge in [0, 0.05) is 47.8 Å². The van der Waals surface area contributed by atoms with E-state index in [0.29, 0.717) is 0 Å². The highest BCUT2D eigenvalue weighted by atomic mass is 15.4. The molecule has 0 spiro atoms. The molecule has 2 aliphatic rings. The lowest BCUT2D eigenvalue weighted by molar-refractivity contribution is -0.943. The van der Waals surface area contributed by atoms with E-state index in [2.05, 4.69) is 80.1 Å². The van der Waals surface area contributed by atoms with Crippen LogP contribution in [0.3, 0.4) is 0 Å². The molecule has 2 saturated heterocycles. The van der Waals surface area contributed by atoms with Gasteiger partial charge in [0.05, 0.1) is 26.2 Å². The van der Waals surface area contributed by atoms with Gasteiger partial charge in [0.15, 0.2) is 0 Å². The summed E-state index contributed by atoms with van der Waals surface area (Å²) < 4.78 is 1.16. The molecule has 2 aliphatic heterocycles. The van der Waals surface area contributed by atoms with Gasteiger partial charge >= 0.3 is 0 Å². The molecular formula is C20H42N3+. The van der Waals surface area contributed by atoms with Crippen LogP contribution in [0.25, 0.3) is 0 Å². The molecule has 2 N–H and O–H groups in total. The first-order chi connectivity index (χ1) is 10.0. The van der Waals surface area contributed by atoms with Crippen molar-refractivity contribution in [2.24, 2.45) is 0 Å². The Hall–Kier alpha value is -0.120. The summed E-state index contributed by atoms with van der Waals surface area (Å²) in [5.74, 6) is 0. The van der Waals surface area contributed by atoms with E-state index in [9.17, 15) is 0 Å². The minimum Gasteiger partial charge on any atom is -0.323 e. The van der Waals surface area contributed by atoms with E-state index in [0.717, 1.165) is 16.6 Å². The van der Waals surface area contributed by atoms with Crippen LogP contribution in [0, 0.1) is 0 Å². The molecule has 23 heavy (non-hydrogen) atoms. The molecule has 3 heteroatoms. The van der Waals surface area contributed by atoms with Gasteiger partial charge in [0.25, 0.3) is 0 Å². The number of rotatable bonds is 2. The Morgan fingerprint density at radius 2 is 0.783 bits per heavy atom. The van der Waals surface area contributed by atoms with Crippen molar-refractivity contribution in [2.75, 3.05) is 14.1 Å². The molecule has 0 radical (unpaired) electrons. The summed E-state index contributed by atoms with van der Waals surface area (Å²) >= 11 is 0. The predicted octanol–water partition coefficient (Wildman–Crippen LogP) is 3.68. The Labute approximate surface area is 145 Å². The maximum absolute atomic E-state index is 3.85. The molecule has 0 bridgehead atoms. The molecule has 2 heterocycles. The summed E-state index contributed by atoms with van der Waals surface area (Å²) in [7, 11) is 4.98. The summed E-state index contributed by atoms with van der Waals surface area (Å²) in [5, 5.41) is 7.69. The molecule has 0 aromatic heterocycles. The summed E-state index contributed by atoms with van der Waals surface area (Å²) in [6, 6.07) is 1.44. The van der Waals surface area contributed by atoms with Crippen LogP contribution in [0.15, 0.2) is 0 Å². The van der Waals surface area contributed by atoms with Gasteiger partial charge in [-0.15, -0.1) is 0 Å². The standard InChI is InChI=1S/C20H42N3/c1-17(2)11-15(12-18(3,4)21-17)23(9,10)16-13-19(5,6)22-20(7,8)14-16/h15-16,21-22H,11-14H2,1-10H3/q+1. The summed E-state index contributed by atoms with van der Waals surface area (Å²) in [4.78, 5) is 0. The summed E-state index contributed by atoms with van der Waals surface area (Å²) in [6.07, 6.45) is 5.03. The zero-order chi connectivity index (χ0) is 17.9. The molecule has 0 aliphatic carbocycles. The lowest BCUT2D eigenvalue weighted by Gasteiger charge is -2.57. The van der Waals surface area contributed by atoms with E-state index in [1.54, 1.807) is 0 Å². The molecule has 0 aromatic carbocycles. The molecule has 136 valence electrons. The minimum absolute atomic E-state index is 0.222.